The van der Waals surface area contributed by atoms with Crippen LogP contribution >= 0.6 is 0 Å². The molecule has 0 atom stereocenters. The normalized spacial score (nSPS) is 11.5. The van der Waals surface area contributed by atoms with Gasteiger partial charge in [0.15, 0.2) is 5.43 Å². The molecule has 1 aromatic heterocycles. The number of hydrogen-bond donors (Lipinski definition) is 2. The minimum atomic E-state index is -0.695. The van der Waals surface area contributed by atoms with Crippen LogP contribution in [0.1, 0.15) is 29.8 Å². The number of aliphatic hydroxyl groups excluding tert-OH is 1. The molecule has 26 heavy (non-hydrogen) atoms. The van der Waals surface area contributed by atoms with Crippen LogP contribution in [0.3, 0.4) is 0 Å². The second-order valence-electron chi connectivity index (χ2n) is 7.05. The van der Waals surface area contributed by atoms with Crippen LogP contribution in [0.25, 0.3) is 22.3 Å². The molecule has 134 valence electrons. The topological polar surface area (TPSA) is 79.5 Å². The molecular weight excluding hydrogens is 330 g/mol. The van der Waals surface area contributed by atoms with Crippen molar-refractivity contribution in [2.75, 3.05) is 6.61 Å². The summed E-state index contributed by atoms with van der Waals surface area (Å²) in [7, 11) is 0. The van der Waals surface area contributed by atoms with E-state index in [1.165, 1.54) is 6.07 Å². The maximum atomic E-state index is 12.3. The van der Waals surface area contributed by atoms with Gasteiger partial charge in [-0.1, -0.05) is 23.8 Å². The number of benzene rings is 2. The molecular formula is C21H21NO4. The van der Waals surface area contributed by atoms with Crippen molar-refractivity contribution in [2.24, 2.45) is 0 Å². The summed E-state index contributed by atoms with van der Waals surface area (Å²) in [6.07, 6.45) is 0. The average Bonchev–Trinajstić information content (AvgIpc) is 2.62. The molecule has 3 aromatic rings. The number of amides is 1. The summed E-state index contributed by atoms with van der Waals surface area (Å²) in [4.78, 5) is 24.6. The van der Waals surface area contributed by atoms with Crippen LogP contribution in [-0.4, -0.2) is 23.2 Å². The van der Waals surface area contributed by atoms with Gasteiger partial charge in [0.05, 0.1) is 17.5 Å². The second kappa shape index (κ2) is 6.77. The van der Waals surface area contributed by atoms with Crippen molar-refractivity contribution in [1.29, 1.82) is 0 Å². The number of aliphatic hydroxyl groups is 1. The Morgan fingerprint density at radius 1 is 1.12 bits per heavy atom. The maximum Gasteiger partial charge on any atom is 0.251 e. The molecule has 0 spiro atoms. The molecule has 0 saturated carbocycles. The first-order valence-electron chi connectivity index (χ1n) is 8.37. The summed E-state index contributed by atoms with van der Waals surface area (Å²) in [5.74, 6) is 0.181. The molecule has 0 unspecified atom stereocenters. The SMILES string of the molecule is Cc1ccc2oc(-c3ccc(C(=O)NC(C)(C)CO)cc3)cc(=O)c2c1. The first-order valence-corrected chi connectivity index (χ1v) is 8.37. The highest BCUT2D eigenvalue weighted by Crippen LogP contribution is 2.23. The molecule has 3 rings (SSSR count). The Balaban J connectivity index is 1.91. The fourth-order valence-corrected chi connectivity index (χ4v) is 2.62. The summed E-state index contributed by atoms with van der Waals surface area (Å²) in [6, 6.07) is 13.7. The minimum Gasteiger partial charge on any atom is -0.456 e. The van der Waals surface area contributed by atoms with Gasteiger partial charge in [-0.15, -0.1) is 0 Å². The quantitative estimate of drug-likeness (QED) is 0.756. The third-order valence-electron chi connectivity index (χ3n) is 4.16. The van der Waals surface area contributed by atoms with E-state index in [0.717, 1.165) is 5.56 Å². The van der Waals surface area contributed by atoms with Crippen molar-refractivity contribution in [3.8, 4) is 11.3 Å². The molecule has 2 N–H and O–H groups in total. The van der Waals surface area contributed by atoms with E-state index in [0.29, 0.717) is 27.9 Å². The summed E-state index contributed by atoms with van der Waals surface area (Å²) >= 11 is 0. The van der Waals surface area contributed by atoms with Gasteiger partial charge in [-0.2, -0.15) is 0 Å². The van der Waals surface area contributed by atoms with Crippen molar-refractivity contribution in [2.45, 2.75) is 26.3 Å². The van der Waals surface area contributed by atoms with Crippen LogP contribution in [0.15, 0.2) is 57.7 Å². The van der Waals surface area contributed by atoms with E-state index in [-0.39, 0.29) is 17.9 Å². The lowest BCUT2D eigenvalue weighted by Gasteiger charge is -2.23. The largest absolute Gasteiger partial charge is 0.456 e. The standard InChI is InChI=1S/C21H21NO4/c1-13-4-9-18-16(10-13)17(24)11-19(26-18)14-5-7-15(8-6-14)20(25)22-21(2,3)12-23/h4-11,23H,12H2,1-3H3,(H,22,25). The van der Waals surface area contributed by atoms with Crippen molar-refractivity contribution in [3.63, 3.8) is 0 Å². The van der Waals surface area contributed by atoms with E-state index in [9.17, 15) is 14.7 Å². The van der Waals surface area contributed by atoms with Gasteiger partial charge in [-0.25, -0.2) is 0 Å². The third kappa shape index (κ3) is 3.68. The van der Waals surface area contributed by atoms with Crippen LogP contribution in [0.4, 0.5) is 0 Å². The lowest BCUT2D eigenvalue weighted by atomic mass is 10.0. The number of aryl methyl sites for hydroxylation is 1. The van der Waals surface area contributed by atoms with E-state index >= 15 is 0 Å². The van der Waals surface area contributed by atoms with E-state index in [1.54, 1.807) is 50.2 Å². The van der Waals surface area contributed by atoms with Gasteiger partial charge in [-0.05, 0) is 45.0 Å². The first-order chi connectivity index (χ1) is 12.3. The molecule has 0 aliphatic heterocycles. The summed E-state index contributed by atoms with van der Waals surface area (Å²) in [6.45, 7) is 5.25. The highest BCUT2D eigenvalue weighted by atomic mass is 16.3. The molecule has 0 aliphatic carbocycles. The molecule has 0 radical (unpaired) electrons. The van der Waals surface area contributed by atoms with E-state index in [2.05, 4.69) is 5.32 Å². The van der Waals surface area contributed by atoms with Crippen LogP contribution in [-0.2, 0) is 0 Å². The van der Waals surface area contributed by atoms with Gasteiger partial charge in [0, 0.05) is 17.2 Å². The predicted octanol–water partition coefficient (Wildman–Crippen LogP) is 3.27. The Kier molecular flexibility index (Phi) is 4.66. The molecule has 0 bridgehead atoms. The molecule has 0 fully saturated rings. The smallest absolute Gasteiger partial charge is 0.251 e. The molecule has 1 heterocycles. The van der Waals surface area contributed by atoms with Crippen LogP contribution in [0, 0.1) is 6.92 Å². The first kappa shape index (κ1) is 17.9. The molecule has 0 aliphatic rings. The Bertz CT molecular complexity index is 1020. The molecule has 0 saturated heterocycles. The Morgan fingerprint density at radius 2 is 1.81 bits per heavy atom. The predicted molar refractivity (Wildman–Crippen MR) is 101 cm³/mol. The Hall–Kier alpha value is -2.92. The summed E-state index contributed by atoms with van der Waals surface area (Å²) < 4.78 is 5.85. The van der Waals surface area contributed by atoms with E-state index in [1.807, 2.05) is 13.0 Å². The zero-order chi connectivity index (χ0) is 18.9. The minimum absolute atomic E-state index is 0.100. The monoisotopic (exact) mass is 351 g/mol. The lowest BCUT2D eigenvalue weighted by molar-refractivity contribution is 0.0869. The van der Waals surface area contributed by atoms with E-state index < -0.39 is 5.54 Å². The number of fused-ring (bicyclic) bond motifs is 1. The molecule has 5 nitrogen and oxygen atoms in total. The van der Waals surface area contributed by atoms with E-state index in [4.69, 9.17) is 4.42 Å². The van der Waals surface area contributed by atoms with Crippen molar-refractivity contribution < 1.29 is 14.3 Å². The molecule has 1 amide bonds. The maximum absolute atomic E-state index is 12.3. The van der Waals surface area contributed by atoms with Crippen molar-refractivity contribution in [1.82, 2.24) is 5.32 Å². The third-order valence-corrected chi connectivity index (χ3v) is 4.16. The zero-order valence-corrected chi connectivity index (χ0v) is 15.0. The lowest BCUT2D eigenvalue weighted by Crippen LogP contribution is -2.46. The highest BCUT2D eigenvalue weighted by Gasteiger charge is 2.20. The number of rotatable bonds is 4. The Labute approximate surface area is 151 Å². The average molecular weight is 351 g/mol. The summed E-state index contributed by atoms with van der Waals surface area (Å²) in [5, 5.41) is 12.6. The highest BCUT2D eigenvalue weighted by molar-refractivity contribution is 5.95. The van der Waals surface area contributed by atoms with Gasteiger partial charge in [0.2, 0.25) is 0 Å². The van der Waals surface area contributed by atoms with Gasteiger partial charge in [0.25, 0.3) is 5.91 Å². The van der Waals surface area contributed by atoms with Crippen molar-refractivity contribution >= 4 is 16.9 Å². The van der Waals surface area contributed by atoms with Crippen LogP contribution in [0.5, 0.6) is 0 Å². The van der Waals surface area contributed by atoms with Gasteiger partial charge >= 0.3 is 0 Å². The Morgan fingerprint density at radius 3 is 2.46 bits per heavy atom. The summed E-state index contributed by atoms with van der Waals surface area (Å²) in [5.41, 5.74) is 1.91. The van der Waals surface area contributed by atoms with Gasteiger partial charge in [0.1, 0.15) is 11.3 Å². The second-order valence-corrected chi connectivity index (χ2v) is 7.05. The van der Waals surface area contributed by atoms with Crippen molar-refractivity contribution in [3.05, 3.63) is 69.9 Å². The number of hydrogen-bond acceptors (Lipinski definition) is 4. The fourth-order valence-electron chi connectivity index (χ4n) is 2.62. The van der Waals surface area contributed by atoms with Crippen LogP contribution in [0.2, 0.25) is 0 Å². The number of carbonyl (C=O) groups excluding carboxylic acids is 1. The number of carbonyl (C=O) groups is 1. The van der Waals surface area contributed by atoms with Gasteiger partial charge in [-0.3, -0.25) is 9.59 Å². The van der Waals surface area contributed by atoms with Gasteiger partial charge < -0.3 is 14.8 Å². The molecule has 5 heteroatoms. The molecule has 2 aromatic carbocycles. The number of nitrogens with one attached hydrogen (secondary N) is 1. The van der Waals surface area contributed by atoms with Crippen LogP contribution < -0.4 is 10.7 Å². The zero-order valence-electron chi connectivity index (χ0n) is 15.0. The fraction of sp³-hybridized carbons (Fsp3) is 0.238.